The molecule has 1 rings (SSSR count). The first kappa shape index (κ1) is 11.4. The lowest BCUT2D eigenvalue weighted by atomic mass is 10.1. The average molecular weight is 260 g/mol. The summed E-state index contributed by atoms with van der Waals surface area (Å²) in [5, 5.41) is 3.26. The Hall–Kier alpha value is -0.680. The Morgan fingerprint density at radius 1 is 1.57 bits per heavy atom. The van der Waals surface area contributed by atoms with Gasteiger partial charge >= 0.3 is 0 Å². The van der Waals surface area contributed by atoms with Crippen molar-refractivity contribution in [1.82, 2.24) is 9.97 Å². The van der Waals surface area contributed by atoms with E-state index in [1.165, 1.54) is 6.33 Å². The maximum absolute atomic E-state index is 5.10. The van der Waals surface area contributed by atoms with Crippen molar-refractivity contribution in [2.45, 2.75) is 19.4 Å². The van der Waals surface area contributed by atoms with Crippen molar-refractivity contribution in [3.8, 4) is 0 Å². The molecule has 78 valence electrons. The van der Waals surface area contributed by atoms with Crippen molar-refractivity contribution in [3.05, 3.63) is 17.0 Å². The molecule has 1 heterocycles. The zero-order chi connectivity index (χ0) is 10.6. The largest absolute Gasteiger partial charge is 0.382 e. The van der Waals surface area contributed by atoms with Gasteiger partial charge in [-0.2, -0.15) is 0 Å². The van der Waals surface area contributed by atoms with Crippen molar-refractivity contribution >= 4 is 21.7 Å². The highest BCUT2D eigenvalue weighted by atomic mass is 79.9. The SMILES string of the molecule is COCC(C)(C)Nc1ncncc1Br. The summed E-state index contributed by atoms with van der Waals surface area (Å²) in [6.07, 6.45) is 3.22. The Morgan fingerprint density at radius 2 is 2.29 bits per heavy atom. The van der Waals surface area contributed by atoms with Crippen LogP contribution in [0.4, 0.5) is 5.82 Å². The predicted molar refractivity (Wildman–Crippen MR) is 59.3 cm³/mol. The second-order valence-corrected chi connectivity index (χ2v) is 4.52. The van der Waals surface area contributed by atoms with Gasteiger partial charge in [0.15, 0.2) is 0 Å². The van der Waals surface area contributed by atoms with Gasteiger partial charge in [0.2, 0.25) is 0 Å². The molecule has 14 heavy (non-hydrogen) atoms. The molecule has 1 aromatic heterocycles. The van der Waals surface area contributed by atoms with Gasteiger partial charge in [-0.25, -0.2) is 9.97 Å². The van der Waals surface area contributed by atoms with E-state index in [0.717, 1.165) is 10.3 Å². The fraction of sp³-hybridized carbons (Fsp3) is 0.556. The number of rotatable bonds is 4. The van der Waals surface area contributed by atoms with Gasteiger partial charge in [0.1, 0.15) is 12.1 Å². The van der Waals surface area contributed by atoms with Gasteiger partial charge in [-0.3, -0.25) is 0 Å². The van der Waals surface area contributed by atoms with Crippen LogP contribution in [0.3, 0.4) is 0 Å². The van der Waals surface area contributed by atoms with Gasteiger partial charge in [0.25, 0.3) is 0 Å². The number of aromatic nitrogens is 2. The third kappa shape index (κ3) is 3.23. The predicted octanol–water partition coefficient (Wildman–Crippen LogP) is 2.08. The average Bonchev–Trinajstić information content (AvgIpc) is 2.08. The van der Waals surface area contributed by atoms with Crippen molar-refractivity contribution in [2.75, 3.05) is 19.0 Å². The number of hydrogen-bond donors (Lipinski definition) is 1. The molecule has 4 nitrogen and oxygen atoms in total. The molecule has 0 aliphatic heterocycles. The van der Waals surface area contributed by atoms with Crippen LogP contribution in [0.15, 0.2) is 17.0 Å². The molecule has 0 saturated carbocycles. The lowest BCUT2D eigenvalue weighted by Gasteiger charge is -2.26. The molecule has 0 atom stereocenters. The molecule has 0 unspecified atom stereocenters. The van der Waals surface area contributed by atoms with Gasteiger partial charge in [0.05, 0.1) is 16.6 Å². The number of halogens is 1. The second-order valence-electron chi connectivity index (χ2n) is 3.66. The Labute approximate surface area is 92.2 Å². The van der Waals surface area contributed by atoms with E-state index < -0.39 is 0 Å². The highest BCUT2D eigenvalue weighted by Crippen LogP contribution is 2.21. The van der Waals surface area contributed by atoms with Crippen molar-refractivity contribution < 1.29 is 4.74 Å². The molecule has 0 amide bonds. The van der Waals surface area contributed by atoms with Gasteiger partial charge < -0.3 is 10.1 Å². The van der Waals surface area contributed by atoms with Crippen LogP contribution in [-0.2, 0) is 4.74 Å². The Balaban J connectivity index is 2.73. The summed E-state index contributed by atoms with van der Waals surface area (Å²) in [7, 11) is 1.68. The van der Waals surface area contributed by atoms with E-state index in [2.05, 4.69) is 31.2 Å². The first-order valence-corrected chi connectivity index (χ1v) is 5.07. The molecule has 1 aromatic rings. The number of nitrogens with one attached hydrogen (secondary N) is 1. The van der Waals surface area contributed by atoms with Crippen LogP contribution >= 0.6 is 15.9 Å². The minimum absolute atomic E-state index is 0.147. The van der Waals surface area contributed by atoms with Gasteiger partial charge in [0, 0.05) is 13.3 Å². The number of anilines is 1. The summed E-state index contributed by atoms with van der Waals surface area (Å²) in [6, 6.07) is 0. The van der Waals surface area contributed by atoms with Crippen LogP contribution in [0.5, 0.6) is 0 Å². The van der Waals surface area contributed by atoms with E-state index in [4.69, 9.17) is 4.74 Å². The minimum atomic E-state index is -0.147. The molecular formula is C9H14BrN3O. The highest BCUT2D eigenvalue weighted by Gasteiger charge is 2.18. The lowest BCUT2D eigenvalue weighted by Crippen LogP contribution is -2.36. The number of nitrogens with zero attached hydrogens (tertiary/aromatic N) is 2. The first-order valence-electron chi connectivity index (χ1n) is 4.28. The minimum Gasteiger partial charge on any atom is -0.382 e. The summed E-state index contributed by atoms with van der Waals surface area (Å²) in [6.45, 7) is 4.71. The van der Waals surface area contributed by atoms with Crippen LogP contribution in [0, 0.1) is 0 Å². The monoisotopic (exact) mass is 259 g/mol. The van der Waals surface area contributed by atoms with Gasteiger partial charge in [-0.15, -0.1) is 0 Å². The molecule has 0 aliphatic rings. The van der Waals surface area contributed by atoms with Gasteiger partial charge in [-0.05, 0) is 29.8 Å². The molecule has 5 heteroatoms. The van der Waals surface area contributed by atoms with E-state index in [-0.39, 0.29) is 5.54 Å². The Morgan fingerprint density at radius 3 is 2.86 bits per heavy atom. The maximum Gasteiger partial charge on any atom is 0.144 e. The summed E-state index contributed by atoms with van der Waals surface area (Å²) in [5.41, 5.74) is -0.147. The van der Waals surface area contributed by atoms with E-state index in [0.29, 0.717) is 6.61 Å². The van der Waals surface area contributed by atoms with Crippen molar-refractivity contribution in [1.29, 1.82) is 0 Å². The number of methoxy groups -OCH3 is 1. The van der Waals surface area contributed by atoms with Crippen molar-refractivity contribution in [2.24, 2.45) is 0 Å². The Kier molecular flexibility index (Phi) is 3.83. The van der Waals surface area contributed by atoms with Crippen LogP contribution in [0.1, 0.15) is 13.8 Å². The molecular weight excluding hydrogens is 246 g/mol. The highest BCUT2D eigenvalue weighted by molar-refractivity contribution is 9.10. The maximum atomic E-state index is 5.10. The van der Waals surface area contributed by atoms with E-state index in [9.17, 15) is 0 Å². The molecule has 1 N–H and O–H groups in total. The molecule has 0 aromatic carbocycles. The third-order valence-corrected chi connectivity index (χ3v) is 2.21. The summed E-state index contributed by atoms with van der Waals surface area (Å²) in [5.74, 6) is 0.780. The smallest absolute Gasteiger partial charge is 0.144 e. The molecule has 0 spiro atoms. The fourth-order valence-corrected chi connectivity index (χ4v) is 1.44. The molecule has 0 bridgehead atoms. The van der Waals surface area contributed by atoms with Crippen molar-refractivity contribution in [3.63, 3.8) is 0 Å². The normalized spacial score (nSPS) is 11.4. The molecule has 0 radical (unpaired) electrons. The van der Waals surface area contributed by atoms with E-state index in [1.807, 2.05) is 13.8 Å². The molecule has 0 fully saturated rings. The Bertz CT molecular complexity index is 304. The van der Waals surface area contributed by atoms with Crippen LogP contribution in [0.25, 0.3) is 0 Å². The second kappa shape index (κ2) is 4.70. The zero-order valence-corrected chi connectivity index (χ0v) is 10.1. The summed E-state index contributed by atoms with van der Waals surface area (Å²) < 4.78 is 5.95. The lowest BCUT2D eigenvalue weighted by molar-refractivity contribution is 0.158. The quantitative estimate of drug-likeness (QED) is 0.900. The molecule has 0 aliphatic carbocycles. The van der Waals surface area contributed by atoms with E-state index in [1.54, 1.807) is 13.3 Å². The fourth-order valence-electron chi connectivity index (χ4n) is 1.12. The zero-order valence-electron chi connectivity index (χ0n) is 8.54. The van der Waals surface area contributed by atoms with Crippen LogP contribution in [0.2, 0.25) is 0 Å². The number of ether oxygens (including phenoxy) is 1. The van der Waals surface area contributed by atoms with Crippen LogP contribution in [-0.4, -0.2) is 29.2 Å². The summed E-state index contributed by atoms with van der Waals surface area (Å²) >= 11 is 3.37. The van der Waals surface area contributed by atoms with Gasteiger partial charge in [-0.1, -0.05) is 0 Å². The van der Waals surface area contributed by atoms with E-state index >= 15 is 0 Å². The molecule has 0 saturated heterocycles. The topological polar surface area (TPSA) is 47.0 Å². The summed E-state index contributed by atoms with van der Waals surface area (Å²) in [4.78, 5) is 8.01. The standard InChI is InChI=1S/C9H14BrN3O/c1-9(2,5-14-3)13-8-7(10)4-11-6-12-8/h4,6H,5H2,1-3H3,(H,11,12,13). The first-order chi connectivity index (χ1) is 6.55. The number of hydrogen-bond acceptors (Lipinski definition) is 4. The van der Waals surface area contributed by atoms with Crippen LogP contribution < -0.4 is 5.32 Å². The third-order valence-electron chi connectivity index (χ3n) is 1.63.